The number of hydrogen-bond donors (Lipinski definition) is 0. The van der Waals surface area contributed by atoms with Crippen LogP contribution in [0.4, 0.5) is 0 Å². The van der Waals surface area contributed by atoms with Gasteiger partial charge in [0.1, 0.15) is 0 Å². The number of allylic oxidation sites excluding steroid dienone is 4. The third kappa shape index (κ3) is 0.757. The summed E-state index contributed by atoms with van der Waals surface area (Å²) in [5.74, 6) is 0. The molecule has 0 saturated carbocycles. The Balaban J connectivity index is 2.92. The van der Waals surface area contributed by atoms with E-state index < -0.39 is 10.8 Å². The van der Waals surface area contributed by atoms with Crippen LogP contribution in [0.3, 0.4) is 0 Å². The first-order chi connectivity index (χ1) is 3.72. The maximum absolute atomic E-state index is 10.9. The number of hydrogen-bond acceptors (Lipinski definition) is 1. The zero-order valence-corrected chi connectivity index (χ0v) is 5.79. The molecule has 1 aliphatic heterocycles. The van der Waals surface area contributed by atoms with Crippen LogP contribution in [-0.4, -0.2) is 4.21 Å². The van der Waals surface area contributed by atoms with Gasteiger partial charge in [0.2, 0.25) is 0 Å². The zero-order chi connectivity index (χ0) is 6.15. The molecule has 0 aliphatic carbocycles. The van der Waals surface area contributed by atoms with Crippen molar-refractivity contribution in [3.8, 4) is 0 Å². The van der Waals surface area contributed by atoms with Crippen LogP contribution in [-0.2, 0) is 10.8 Å². The van der Waals surface area contributed by atoms with Crippen molar-refractivity contribution in [2.24, 2.45) is 0 Å². The van der Waals surface area contributed by atoms with Gasteiger partial charge in [0, 0.05) is 9.81 Å². The van der Waals surface area contributed by atoms with Crippen LogP contribution in [0.15, 0.2) is 22.0 Å². The van der Waals surface area contributed by atoms with Gasteiger partial charge in [-0.3, -0.25) is 0 Å². The molecule has 0 N–H and O–H groups in total. The summed E-state index contributed by atoms with van der Waals surface area (Å²) in [7, 11) is -0.790. The molecule has 0 bridgehead atoms. The highest BCUT2D eigenvalue weighted by Gasteiger charge is 2.07. The van der Waals surface area contributed by atoms with Gasteiger partial charge in [-0.05, 0) is 26.0 Å². The standard InChI is InChI=1S/C6H8OS/c1-5-3-4-6(2)8(5)7/h3-4H,1-2H3. The summed E-state index contributed by atoms with van der Waals surface area (Å²) < 4.78 is 10.9. The van der Waals surface area contributed by atoms with Gasteiger partial charge < -0.3 is 0 Å². The van der Waals surface area contributed by atoms with Crippen molar-refractivity contribution in [2.45, 2.75) is 13.8 Å². The van der Waals surface area contributed by atoms with Crippen molar-refractivity contribution in [1.82, 2.24) is 0 Å². The quantitative estimate of drug-likeness (QED) is 0.484. The lowest BCUT2D eigenvalue weighted by molar-refractivity contribution is 0.690. The van der Waals surface area contributed by atoms with Gasteiger partial charge in [-0.2, -0.15) is 0 Å². The molecule has 44 valence electrons. The van der Waals surface area contributed by atoms with E-state index in [1.54, 1.807) is 0 Å². The lowest BCUT2D eigenvalue weighted by Gasteiger charge is -1.89. The van der Waals surface area contributed by atoms with E-state index in [4.69, 9.17) is 0 Å². The Morgan fingerprint density at radius 3 is 1.75 bits per heavy atom. The summed E-state index contributed by atoms with van der Waals surface area (Å²) in [6.07, 6.45) is 3.79. The highest BCUT2D eigenvalue weighted by molar-refractivity contribution is 7.93. The molecule has 1 aliphatic rings. The molecule has 0 unspecified atom stereocenters. The molecule has 0 aromatic carbocycles. The molecule has 8 heavy (non-hydrogen) atoms. The lowest BCUT2D eigenvalue weighted by Crippen LogP contribution is -1.84. The second-order valence-electron chi connectivity index (χ2n) is 1.82. The Morgan fingerprint density at radius 2 is 1.62 bits per heavy atom. The Kier molecular flexibility index (Phi) is 1.34. The van der Waals surface area contributed by atoms with E-state index in [0.29, 0.717) is 0 Å². The van der Waals surface area contributed by atoms with Gasteiger partial charge in [0.15, 0.2) is 0 Å². The summed E-state index contributed by atoms with van der Waals surface area (Å²) in [5, 5.41) is 0. The first kappa shape index (κ1) is 5.76. The van der Waals surface area contributed by atoms with Crippen LogP contribution in [0.2, 0.25) is 0 Å². The smallest absolute Gasteiger partial charge is 0.0761 e. The van der Waals surface area contributed by atoms with Crippen LogP contribution in [0.5, 0.6) is 0 Å². The van der Waals surface area contributed by atoms with Crippen LogP contribution in [0, 0.1) is 0 Å². The minimum atomic E-state index is -0.790. The molecule has 0 amide bonds. The van der Waals surface area contributed by atoms with Crippen molar-refractivity contribution in [3.63, 3.8) is 0 Å². The molecule has 0 saturated heterocycles. The SMILES string of the molecule is CC1=CC=C(C)S1=O. The lowest BCUT2D eigenvalue weighted by atomic mass is 10.5. The van der Waals surface area contributed by atoms with Crippen molar-refractivity contribution in [2.75, 3.05) is 0 Å². The fourth-order valence-electron chi connectivity index (χ4n) is 0.612. The Morgan fingerprint density at radius 1 is 1.25 bits per heavy atom. The zero-order valence-electron chi connectivity index (χ0n) is 4.97. The van der Waals surface area contributed by atoms with E-state index in [9.17, 15) is 4.21 Å². The first-order valence-electron chi connectivity index (χ1n) is 2.49. The number of rotatable bonds is 0. The van der Waals surface area contributed by atoms with Crippen LogP contribution >= 0.6 is 0 Å². The Bertz CT molecular complexity index is 169. The molecule has 2 heteroatoms. The monoisotopic (exact) mass is 128 g/mol. The molecule has 0 aromatic heterocycles. The highest BCUT2D eigenvalue weighted by atomic mass is 32.2. The van der Waals surface area contributed by atoms with Crippen LogP contribution < -0.4 is 0 Å². The minimum absolute atomic E-state index is 0.790. The molecule has 0 fully saturated rings. The third-order valence-electron chi connectivity index (χ3n) is 1.14. The topological polar surface area (TPSA) is 17.1 Å². The summed E-state index contributed by atoms with van der Waals surface area (Å²) in [4.78, 5) is 1.92. The normalized spacial score (nSPS) is 20.8. The third-order valence-corrected chi connectivity index (χ3v) is 2.58. The van der Waals surface area contributed by atoms with E-state index in [2.05, 4.69) is 0 Å². The van der Waals surface area contributed by atoms with Gasteiger partial charge in [-0.25, -0.2) is 4.21 Å². The first-order valence-corrected chi connectivity index (χ1v) is 3.64. The maximum Gasteiger partial charge on any atom is 0.0761 e. The van der Waals surface area contributed by atoms with Gasteiger partial charge in [-0.1, -0.05) is 0 Å². The predicted octanol–water partition coefficient (Wildman–Crippen LogP) is 1.56. The molecule has 1 rings (SSSR count). The van der Waals surface area contributed by atoms with Crippen molar-refractivity contribution in [3.05, 3.63) is 22.0 Å². The van der Waals surface area contributed by atoms with E-state index in [0.717, 1.165) is 9.81 Å². The van der Waals surface area contributed by atoms with Crippen molar-refractivity contribution in [1.29, 1.82) is 0 Å². The van der Waals surface area contributed by atoms with E-state index in [-0.39, 0.29) is 0 Å². The van der Waals surface area contributed by atoms with Gasteiger partial charge in [0.05, 0.1) is 10.8 Å². The molecular weight excluding hydrogens is 120 g/mol. The van der Waals surface area contributed by atoms with Crippen molar-refractivity contribution >= 4 is 10.8 Å². The second kappa shape index (κ2) is 1.86. The highest BCUT2D eigenvalue weighted by Crippen LogP contribution is 2.17. The van der Waals surface area contributed by atoms with Gasteiger partial charge in [-0.15, -0.1) is 0 Å². The Hall–Kier alpha value is -0.370. The average Bonchev–Trinajstić information content (AvgIpc) is 1.98. The van der Waals surface area contributed by atoms with Crippen LogP contribution in [0.1, 0.15) is 13.8 Å². The minimum Gasteiger partial charge on any atom is -0.250 e. The molecule has 0 radical (unpaired) electrons. The fraction of sp³-hybridized carbons (Fsp3) is 0.333. The van der Waals surface area contributed by atoms with Gasteiger partial charge >= 0.3 is 0 Å². The van der Waals surface area contributed by atoms with Gasteiger partial charge in [0.25, 0.3) is 0 Å². The molecule has 0 spiro atoms. The molecule has 1 heterocycles. The molecule has 0 aromatic rings. The fourth-order valence-corrected chi connectivity index (χ4v) is 1.50. The maximum atomic E-state index is 10.9. The molecule has 1 nitrogen and oxygen atoms in total. The summed E-state index contributed by atoms with van der Waals surface area (Å²) in [5.41, 5.74) is 0. The summed E-state index contributed by atoms with van der Waals surface area (Å²) >= 11 is 0. The summed E-state index contributed by atoms with van der Waals surface area (Å²) in [6, 6.07) is 0. The van der Waals surface area contributed by atoms with E-state index in [1.807, 2.05) is 26.0 Å². The van der Waals surface area contributed by atoms with Crippen molar-refractivity contribution < 1.29 is 4.21 Å². The molecule has 0 atom stereocenters. The largest absolute Gasteiger partial charge is 0.250 e. The Labute approximate surface area is 51.6 Å². The van der Waals surface area contributed by atoms with E-state index >= 15 is 0 Å². The predicted molar refractivity (Wildman–Crippen MR) is 35.7 cm³/mol. The average molecular weight is 128 g/mol. The summed E-state index contributed by atoms with van der Waals surface area (Å²) in [6.45, 7) is 3.76. The molecular formula is C6H8OS. The van der Waals surface area contributed by atoms with Crippen LogP contribution in [0.25, 0.3) is 0 Å². The van der Waals surface area contributed by atoms with E-state index in [1.165, 1.54) is 0 Å². The second-order valence-corrected chi connectivity index (χ2v) is 3.65.